The summed E-state index contributed by atoms with van der Waals surface area (Å²) in [6.07, 6.45) is -0.929. The average molecular weight is 633 g/mol. The molecule has 1 atom stereocenters. The fourth-order valence-electron chi connectivity index (χ4n) is 5.69. The smallest absolute Gasteiger partial charge is 0.339 e. The molecular formula is C33H37ClN6O3S. The fourth-order valence-corrected chi connectivity index (χ4v) is 6.91. The number of hydrogen-bond acceptors (Lipinski definition) is 9. The molecule has 0 unspecified atom stereocenters. The first kappa shape index (κ1) is 30.5. The van der Waals surface area contributed by atoms with Crippen molar-refractivity contribution in [3.63, 3.8) is 0 Å². The van der Waals surface area contributed by atoms with Crippen molar-refractivity contribution in [2.45, 2.75) is 46.3 Å². The first-order chi connectivity index (χ1) is 21.0. The van der Waals surface area contributed by atoms with Crippen molar-refractivity contribution in [3.8, 4) is 21.8 Å². The molecule has 4 heterocycles. The Bertz CT molecular complexity index is 1840. The van der Waals surface area contributed by atoms with Crippen LogP contribution in [-0.2, 0) is 21.3 Å². The largest absolute Gasteiger partial charge is 0.464 e. The molecule has 0 spiro atoms. The minimum absolute atomic E-state index is 0.254. The van der Waals surface area contributed by atoms with Gasteiger partial charge >= 0.3 is 5.97 Å². The van der Waals surface area contributed by atoms with E-state index in [4.69, 9.17) is 36.1 Å². The Morgan fingerprint density at radius 1 is 1.11 bits per heavy atom. The molecule has 0 aliphatic carbocycles. The number of hydrogen-bond donors (Lipinski definition) is 1. The molecule has 9 nitrogen and oxygen atoms in total. The van der Waals surface area contributed by atoms with E-state index < -0.39 is 17.7 Å². The Kier molecular flexibility index (Phi) is 8.36. The number of benzene rings is 2. The van der Waals surface area contributed by atoms with Crippen LogP contribution in [0.15, 0.2) is 42.5 Å². The number of carbonyl (C=O) groups excluding carboxylic acids is 1. The van der Waals surface area contributed by atoms with E-state index in [2.05, 4.69) is 16.3 Å². The third kappa shape index (κ3) is 5.91. The zero-order valence-electron chi connectivity index (χ0n) is 25.9. The summed E-state index contributed by atoms with van der Waals surface area (Å²) < 4.78 is 14.8. The molecule has 6 rings (SSSR count). The number of pyridine rings is 1. The molecule has 2 aromatic carbocycles. The van der Waals surface area contributed by atoms with Crippen LogP contribution in [-0.4, -0.2) is 64.1 Å². The van der Waals surface area contributed by atoms with E-state index in [-0.39, 0.29) is 6.61 Å². The Hall–Kier alpha value is -3.57. The molecule has 5 aromatic rings. The Morgan fingerprint density at radius 3 is 2.52 bits per heavy atom. The maximum Gasteiger partial charge on any atom is 0.339 e. The van der Waals surface area contributed by atoms with Crippen molar-refractivity contribution in [1.29, 1.82) is 0 Å². The number of nitrogens with zero attached hydrogens (tertiary/aromatic N) is 5. The van der Waals surface area contributed by atoms with Crippen LogP contribution in [0.4, 0.5) is 5.82 Å². The molecule has 0 radical (unpaired) electrons. The topological polar surface area (TPSA) is 94.4 Å². The molecule has 230 valence electrons. The van der Waals surface area contributed by atoms with Gasteiger partial charge in [-0.2, -0.15) is 5.10 Å². The van der Waals surface area contributed by atoms with Crippen LogP contribution < -0.4 is 10.2 Å². The molecule has 0 saturated carbocycles. The lowest BCUT2D eigenvalue weighted by Gasteiger charge is -2.29. The van der Waals surface area contributed by atoms with Crippen LogP contribution in [0.5, 0.6) is 0 Å². The van der Waals surface area contributed by atoms with Gasteiger partial charge in [-0.3, -0.25) is 4.68 Å². The van der Waals surface area contributed by atoms with Gasteiger partial charge in [-0.05, 0) is 76.1 Å². The predicted molar refractivity (Wildman–Crippen MR) is 178 cm³/mol. The van der Waals surface area contributed by atoms with Crippen molar-refractivity contribution >= 4 is 56.0 Å². The standard InChI is InChI=1S/C33H37ClN6O3S/c1-7-42-32(41)28(43-33(3,4)5)25-19(2)18-23-29(26(25)20-8-10-21(34)11-9-20)44-31(37-23)22-12-13-24-27(36-22)30(38-39(24)6)40-16-14-35-15-17-40/h8-13,18,28,35H,7,14-17H2,1-6H3/t28-/m0/s1. The third-order valence-corrected chi connectivity index (χ3v) is 8.97. The first-order valence-corrected chi connectivity index (χ1v) is 16.1. The summed E-state index contributed by atoms with van der Waals surface area (Å²) in [5.41, 5.74) is 6.28. The number of rotatable bonds is 7. The molecule has 44 heavy (non-hydrogen) atoms. The number of piperazine rings is 1. The number of anilines is 1. The van der Waals surface area contributed by atoms with E-state index in [9.17, 15) is 4.79 Å². The second-order valence-corrected chi connectivity index (χ2v) is 13.4. The molecule has 1 fully saturated rings. The third-order valence-electron chi connectivity index (χ3n) is 7.61. The van der Waals surface area contributed by atoms with Gasteiger partial charge in [-0.15, -0.1) is 11.3 Å². The van der Waals surface area contributed by atoms with E-state index in [0.717, 1.165) is 86.2 Å². The van der Waals surface area contributed by atoms with E-state index >= 15 is 0 Å². The molecule has 1 saturated heterocycles. The van der Waals surface area contributed by atoms with E-state index in [0.29, 0.717) is 5.02 Å². The fraction of sp³-hybridized carbons (Fsp3) is 0.394. The predicted octanol–water partition coefficient (Wildman–Crippen LogP) is 6.70. The number of halogens is 1. The average Bonchev–Trinajstić information content (AvgIpc) is 3.56. The van der Waals surface area contributed by atoms with Gasteiger partial charge in [0.25, 0.3) is 0 Å². The van der Waals surface area contributed by atoms with Crippen molar-refractivity contribution < 1.29 is 14.3 Å². The van der Waals surface area contributed by atoms with Gasteiger partial charge in [-0.25, -0.2) is 14.8 Å². The second kappa shape index (κ2) is 12.1. The number of esters is 1. The number of ether oxygens (including phenoxy) is 2. The number of aromatic nitrogens is 4. The maximum absolute atomic E-state index is 13.5. The van der Waals surface area contributed by atoms with Gasteiger partial charge in [0.05, 0.1) is 33.6 Å². The molecular weight excluding hydrogens is 596 g/mol. The van der Waals surface area contributed by atoms with Crippen LogP contribution >= 0.6 is 22.9 Å². The van der Waals surface area contributed by atoms with Crippen molar-refractivity contribution in [2.75, 3.05) is 37.7 Å². The second-order valence-electron chi connectivity index (χ2n) is 12.0. The summed E-state index contributed by atoms with van der Waals surface area (Å²) in [6, 6.07) is 13.7. The number of carbonyl (C=O) groups is 1. The summed E-state index contributed by atoms with van der Waals surface area (Å²) in [5, 5.41) is 9.64. The highest BCUT2D eigenvalue weighted by molar-refractivity contribution is 7.22. The van der Waals surface area contributed by atoms with Crippen LogP contribution in [0.1, 0.15) is 44.9 Å². The van der Waals surface area contributed by atoms with E-state index in [1.807, 2.05) is 75.8 Å². The van der Waals surface area contributed by atoms with Crippen molar-refractivity contribution in [3.05, 3.63) is 58.6 Å². The first-order valence-electron chi connectivity index (χ1n) is 14.9. The van der Waals surface area contributed by atoms with Gasteiger partial charge in [0, 0.05) is 49.4 Å². The molecule has 11 heteroatoms. The monoisotopic (exact) mass is 632 g/mol. The summed E-state index contributed by atoms with van der Waals surface area (Å²) in [7, 11) is 1.95. The highest BCUT2D eigenvalue weighted by Crippen LogP contribution is 2.44. The number of nitrogens with one attached hydrogen (secondary N) is 1. The maximum atomic E-state index is 13.5. The quantitative estimate of drug-likeness (QED) is 0.198. The zero-order valence-corrected chi connectivity index (χ0v) is 27.5. The lowest BCUT2D eigenvalue weighted by Crippen LogP contribution is -2.43. The summed E-state index contributed by atoms with van der Waals surface area (Å²) in [5.74, 6) is 0.470. The minimum atomic E-state index is -0.929. The van der Waals surface area contributed by atoms with Gasteiger partial charge in [0.1, 0.15) is 10.5 Å². The lowest BCUT2D eigenvalue weighted by atomic mass is 9.91. The van der Waals surface area contributed by atoms with E-state index in [1.54, 1.807) is 18.3 Å². The van der Waals surface area contributed by atoms with Gasteiger partial charge in [-0.1, -0.05) is 23.7 Å². The van der Waals surface area contributed by atoms with Gasteiger partial charge < -0.3 is 19.7 Å². The Labute approximate surface area is 266 Å². The highest BCUT2D eigenvalue weighted by Gasteiger charge is 2.33. The molecule has 1 aliphatic rings. The number of thiazole rings is 1. The summed E-state index contributed by atoms with van der Waals surface area (Å²) in [6.45, 7) is 13.4. The molecule has 1 aliphatic heterocycles. The van der Waals surface area contributed by atoms with Gasteiger partial charge in [0.15, 0.2) is 11.9 Å². The van der Waals surface area contributed by atoms with Crippen molar-refractivity contribution in [2.24, 2.45) is 7.05 Å². The normalized spacial score (nSPS) is 14.8. The van der Waals surface area contributed by atoms with Crippen molar-refractivity contribution in [1.82, 2.24) is 25.1 Å². The number of aryl methyl sites for hydroxylation is 2. The Morgan fingerprint density at radius 2 is 1.84 bits per heavy atom. The van der Waals surface area contributed by atoms with E-state index in [1.165, 1.54) is 0 Å². The molecule has 0 bridgehead atoms. The minimum Gasteiger partial charge on any atom is -0.464 e. The SMILES string of the molecule is CCOC(=O)[C@@H](OC(C)(C)C)c1c(C)cc2nc(-c3ccc4c(n3)c(N3CCNCC3)nn4C)sc2c1-c1ccc(Cl)cc1. The highest BCUT2D eigenvalue weighted by atomic mass is 35.5. The van der Waals surface area contributed by atoms with Crippen LogP contribution in [0, 0.1) is 6.92 Å². The summed E-state index contributed by atoms with van der Waals surface area (Å²) in [4.78, 5) is 25.9. The lowest BCUT2D eigenvalue weighted by molar-refractivity contribution is -0.166. The molecule has 3 aromatic heterocycles. The Balaban J connectivity index is 1.55. The van der Waals surface area contributed by atoms with Gasteiger partial charge in [0.2, 0.25) is 0 Å². The van der Waals surface area contributed by atoms with Crippen LogP contribution in [0.25, 0.3) is 43.1 Å². The van der Waals surface area contributed by atoms with Crippen LogP contribution in [0.3, 0.4) is 0 Å². The van der Waals surface area contributed by atoms with Crippen LogP contribution in [0.2, 0.25) is 5.02 Å². The molecule has 0 amide bonds. The number of fused-ring (bicyclic) bond motifs is 2. The molecule has 1 N–H and O–H groups in total. The zero-order chi connectivity index (χ0) is 31.2. The summed E-state index contributed by atoms with van der Waals surface area (Å²) >= 11 is 7.85.